The van der Waals surface area contributed by atoms with E-state index in [0.29, 0.717) is 5.91 Å². The second-order valence-corrected chi connectivity index (χ2v) is 8.44. The predicted octanol–water partition coefficient (Wildman–Crippen LogP) is 3.05. The highest BCUT2D eigenvalue weighted by molar-refractivity contribution is 5.81. The summed E-state index contributed by atoms with van der Waals surface area (Å²) in [5, 5.41) is 0. The fourth-order valence-corrected chi connectivity index (χ4v) is 3.27. The molecule has 2 aliphatic rings. The molecule has 3 rings (SSSR count). The summed E-state index contributed by atoms with van der Waals surface area (Å²) in [6.07, 6.45) is 2.13. The van der Waals surface area contributed by atoms with Gasteiger partial charge in [0, 0.05) is 38.6 Å². The summed E-state index contributed by atoms with van der Waals surface area (Å²) in [5.74, 6) is 0.617. The van der Waals surface area contributed by atoms with Crippen LogP contribution in [0.3, 0.4) is 0 Å². The lowest BCUT2D eigenvalue weighted by Gasteiger charge is -2.30. The normalized spacial score (nSPS) is 19.0. The Bertz CT molecular complexity index is 567. The SMILES string of the molecule is CC(C)(C)c1ccc(CN(CCN2CCOCC2)C(=O)C2CC2)cc1. The summed E-state index contributed by atoms with van der Waals surface area (Å²) in [7, 11) is 0. The van der Waals surface area contributed by atoms with Crippen molar-refractivity contribution in [2.24, 2.45) is 5.92 Å². The van der Waals surface area contributed by atoms with Crippen molar-refractivity contribution >= 4 is 5.91 Å². The number of benzene rings is 1. The summed E-state index contributed by atoms with van der Waals surface area (Å²) in [6, 6.07) is 8.78. The average Bonchev–Trinajstić information content (AvgIpc) is 3.43. The summed E-state index contributed by atoms with van der Waals surface area (Å²) in [4.78, 5) is 17.2. The quantitative estimate of drug-likeness (QED) is 0.795. The molecular weight excluding hydrogens is 312 g/mol. The Hall–Kier alpha value is -1.39. The molecule has 25 heavy (non-hydrogen) atoms. The van der Waals surface area contributed by atoms with Crippen molar-refractivity contribution in [1.29, 1.82) is 0 Å². The van der Waals surface area contributed by atoms with Gasteiger partial charge in [0.1, 0.15) is 0 Å². The van der Waals surface area contributed by atoms with Crippen LogP contribution in [-0.2, 0) is 21.5 Å². The van der Waals surface area contributed by atoms with Crippen molar-refractivity contribution in [3.63, 3.8) is 0 Å². The van der Waals surface area contributed by atoms with Crippen molar-refractivity contribution in [2.75, 3.05) is 39.4 Å². The second kappa shape index (κ2) is 7.88. The molecule has 1 saturated heterocycles. The van der Waals surface area contributed by atoms with Gasteiger partial charge in [0.05, 0.1) is 13.2 Å². The first-order valence-electron chi connectivity index (χ1n) is 9.62. The van der Waals surface area contributed by atoms with E-state index in [1.807, 2.05) is 0 Å². The minimum Gasteiger partial charge on any atom is -0.379 e. The molecular formula is C21H32N2O2. The molecule has 0 radical (unpaired) electrons. The predicted molar refractivity (Wildman–Crippen MR) is 101 cm³/mol. The first-order chi connectivity index (χ1) is 11.9. The number of amides is 1. The summed E-state index contributed by atoms with van der Waals surface area (Å²) >= 11 is 0. The van der Waals surface area contributed by atoms with Crippen LogP contribution in [0, 0.1) is 5.92 Å². The van der Waals surface area contributed by atoms with Gasteiger partial charge < -0.3 is 9.64 Å². The van der Waals surface area contributed by atoms with Gasteiger partial charge in [0.15, 0.2) is 0 Å². The van der Waals surface area contributed by atoms with E-state index in [4.69, 9.17) is 4.74 Å². The zero-order chi connectivity index (χ0) is 17.9. The van der Waals surface area contributed by atoms with Gasteiger partial charge in [-0.25, -0.2) is 0 Å². The number of carbonyl (C=O) groups excluding carboxylic acids is 1. The Morgan fingerprint density at radius 1 is 1.16 bits per heavy atom. The maximum Gasteiger partial charge on any atom is 0.226 e. The number of ether oxygens (including phenoxy) is 1. The number of hydrogen-bond donors (Lipinski definition) is 0. The lowest BCUT2D eigenvalue weighted by Crippen LogP contribution is -2.43. The molecule has 0 N–H and O–H groups in total. The van der Waals surface area contributed by atoms with Crippen LogP contribution in [0.4, 0.5) is 0 Å². The number of rotatable bonds is 6. The van der Waals surface area contributed by atoms with Crippen molar-refractivity contribution in [3.8, 4) is 0 Å². The maximum absolute atomic E-state index is 12.7. The van der Waals surface area contributed by atoms with E-state index >= 15 is 0 Å². The van der Waals surface area contributed by atoms with Crippen LogP contribution in [0.2, 0.25) is 0 Å². The van der Waals surface area contributed by atoms with E-state index in [0.717, 1.165) is 58.8 Å². The van der Waals surface area contributed by atoms with E-state index in [1.54, 1.807) is 0 Å². The van der Waals surface area contributed by atoms with Crippen LogP contribution < -0.4 is 0 Å². The Morgan fingerprint density at radius 2 is 1.80 bits per heavy atom. The standard InChI is InChI=1S/C21H32N2O2/c1-21(2,3)19-8-4-17(5-9-19)16-23(20(24)18-6-7-18)11-10-22-12-14-25-15-13-22/h4-5,8-9,18H,6-7,10-16H2,1-3H3. The average molecular weight is 344 g/mol. The minimum atomic E-state index is 0.165. The molecule has 0 atom stereocenters. The third-order valence-corrected chi connectivity index (χ3v) is 5.22. The molecule has 0 bridgehead atoms. The second-order valence-electron chi connectivity index (χ2n) is 8.44. The van der Waals surface area contributed by atoms with Crippen molar-refractivity contribution in [3.05, 3.63) is 35.4 Å². The molecule has 1 aromatic rings. The molecule has 0 aromatic heterocycles. The highest BCUT2D eigenvalue weighted by Crippen LogP contribution is 2.31. The van der Waals surface area contributed by atoms with E-state index in [1.165, 1.54) is 11.1 Å². The molecule has 1 aromatic carbocycles. The van der Waals surface area contributed by atoms with Crippen molar-refractivity contribution < 1.29 is 9.53 Å². The van der Waals surface area contributed by atoms with E-state index in [9.17, 15) is 4.79 Å². The fraction of sp³-hybridized carbons (Fsp3) is 0.667. The molecule has 1 saturated carbocycles. The fourth-order valence-electron chi connectivity index (χ4n) is 3.27. The van der Waals surface area contributed by atoms with Crippen LogP contribution in [0.25, 0.3) is 0 Å². The smallest absolute Gasteiger partial charge is 0.226 e. The highest BCUT2D eigenvalue weighted by Gasteiger charge is 2.33. The Labute approximate surface area is 152 Å². The van der Waals surface area contributed by atoms with Gasteiger partial charge in [-0.3, -0.25) is 9.69 Å². The Kier molecular flexibility index (Phi) is 5.80. The zero-order valence-corrected chi connectivity index (χ0v) is 16.0. The molecule has 138 valence electrons. The lowest BCUT2D eigenvalue weighted by molar-refractivity contribution is -0.133. The van der Waals surface area contributed by atoms with E-state index < -0.39 is 0 Å². The topological polar surface area (TPSA) is 32.8 Å². The van der Waals surface area contributed by atoms with E-state index in [-0.39, 0.29) is 11.3 Å². The van der Waals surface area contributed by atoms with Crippen molar-refractivity contribution in [2.45, 2.75) is 45.6 Å². The molecule has 1 aliphatic heterocycles. The molecule has 1 amide bonds. The summed E-state index contributed by atoms with van der Waals surface area (Å²) < 4.78 is 5.41. The molecule has 1 heterocycles. The van der Waals surface area contributed by atoms with Gasteiger partial charge in [-0.15, -0.1) is 0 Å². The lowest BCUT2D eigenvalue weighted by atomic mass is 9.87. The monoisotopic (exact) mass is 344 g/mol. The third kappa shape index (κ3) is 5.29. The number of hydrogen-bond acceptors (Lipinski definition) is 3. The first-order valence-corrected chi connectivity index (χ1v) is 9.62. The molecule has 4 heteroatoms. The number of carbonyl (C=O) groups is 1. The zero-order valence-electron chi connectivity index (χ0n) is 16.0. The van der Waals surface area contributed by atoms with Gasteiger partial charge in [-0.05, 0) is 29.4 Å². The van der Waals surface area contributed by atoms with Crippen LogP contribution in [0.5, 0.6) is 0 Å². The van der Waals surface area contributed by atoms with E-state index in [2.05, 4.69) is 54.8 Å². The van der Waals surface area contributed by atoms with Gasteiger partial charge in [0.25, 0.3) is 0 Å². The molecule has 1 aliphatic carbocycles. The molecule has 0 unspecified atom stereocenters. The maximum atomic E-state index is 12.7. The molecule has 2 fully saturated rings. The largest absolute Gasteiger partial charge is 0.379 e. The number of morpholine rings is 1. The van der Waals surface area contributed by atoms with Gasteiger partial charge in [-0.2, -0.15) is 0 Å². The van der Waals surface area contributed by atoms with Crippen LogP contribution in [0.1, 0.15) is 44.7 Å². The van der Waals surface area contributed by atoms with Crippen LogP contribution >= 0.6 is 0 Å². The van der Waals surface area contributed by atoms with Gasteiger partial charge in [0.2, 0.25) is 5.91 Å². The van der Waals surface area contributed by atoms with Gasteiger partial charge in [-0.1, -0.05) is 45.0 Å². The van der Waals surface area contributed by atoms with Crippen LogP contribution in [0.15, 0.2) is 24.3 Å². The summed E-state index contributed by atoms with van der Waals surface area (Å²) in [6.45, 7) is 12.8. The van der Waals surface area contributed by atoms with Crippen LogP contribution in [-0.4, -0.2) is 55.1 Å². The summed E-state index contributed by atoms with van der Waals surface area (Å²) in [5.41, 5.74) is 2.73. The highest BCUT2D eigenvalue weighted by atomic mass is 16.5. The Morgan fingerprint density at radius 3 is 2.36 bits per heavy atom. The first kappa shape index (κ1) is 18.4. The minimum absolute atomic E-state index is 0.165. The molecule has 0 spiro atoms. The number of nitrogens with zero attached hydrogens (tertiary/aromatic N) is 2. The third-order valence-electron chi connectivity index (χ3n) is 5.22. The molecule has 4 nitrogen and oxygen atoms in total. The van der Waals surface area contributed by atoms with Gasteiger partial charge >= 0.3 is 0 Å². The Balaban J connectivity index is 1.61. The van der Waals surface area contributed by atoms with Crippen molar-refractivity contribution in [1.82, 2.24) is 9.80 Å².